The lowest BCUT2D eigenvalue weighted by Gasteiger charge is -2.10. The number of carbonyl (C=O) groups excluding carboxylic acids is 2. The van der Waals surface area contributed by atoms with Crippen molar-refractivity contribution in [2.24, 2.45) is 0 Å². The van der Waals surface area contributed by atoms with Crippen molar-refractivity contribution in [2.45, 2.75) is 13.5 Å². The second-order valence-corrected chi connectivity index (χ2v) is 3.94. The maximum atomic E-state index is 12.1. The van der Waals surface area contributed by atoms with Crippen LogP contribution >= 0.6 is 15.9 Å². The first-order chi connectivity index (χ1) is 8.49. The quantitative estimate of drug-likeness (QED) is 0.617. The fourth-order valence-corrected chi connectivity index (χ4v) is 1.68. The second-order valence-electron chi connectivity index (χ2n) is 3.09. The largest absolute Gasteiger partial charge is 0.462 e. The van der Waals surface area contributed by atoms with Crippen molar-refractivity contribution in [1.29, 1.82) is 0 Å². The molecule has 0 spiro atoms. The average Bonchev–Trinajstić information content (AvgIpc) is 2.31. The molecule has 1 rings (SSSR count). The van der Waals surface area contributed by atoms with Gasteiger partial charge in [-0.15, -0.1) is 0 Å². The third-order valence-electron chi connectivity index (χ3n) is 1.94. The standard InChI is InChI=1S/C11H9BrF2O4/c1-2-17-10(16)7-4-8(12)9(18-11(13)14)3-6(7)5-15/h3-5,11H,2H2,1H3. The van der Waals surface area contributed by atoms with E-state index in [4.69, 9.17) is 4.74 Å². The number of hydrogen-bond donors (Lipinski definition) is 0. The summed E-state index contributed by atoms with van der Waals surface area (Å²) in [5.74, 6) is -0.927. The summed E-state index contributed by atoms with van der Waals surface area (Å²) in [4.78, 5) is 22.3. The minimum Gasteiger partial charge on any atom is -0.462 e. The van der Waals surface area contributed by atoms with Crippen LogP contribution in [0.25, 0.3) is 0 Å². The van der Waals surface area contributed by atoms with Gasteiger partial charge in [-0.1, -0.05) is 0 Å². The highest BCUT2D eigenvalue weighted by atomic mass is 79.9. The van der Waals surface area contributed by atoms with E-state index in [1.807, 2.05) is 0 Å². The summed E-state index contributed by atoms with van der Waals surface area (Å²) in [5, 5.41) is 0. The van der Waals surface area contributed by atoms with Crippen LogP contribution in [0, 0.1) is 0 Å². The molecule has 0 amide bonds. The van der Waals surface area contributed by atoms with Crippen molar-refractivity contribution < 1.29 is 27.8 Å². The van der Waals surface area contributed by atoms with Crippen LogP contribution in [0.4, 0.5) is 8.78 Å². The van der Waals surface area contributed by atoms with Crippen LogP contribution in [0.2, 0.25) is 0 Å². The summed E-state index contributed by atoms with van der Waals surface area (Å²) in [5.41, 5.74) is -0.0901. The molecule has 18 heavy (non-hydrogen) atoms. The van der Waals surface area contributed by atoms with Crippen molar-refractivity contribution in [3.8, 4) is 5.75 Å². The molecule has 1 aromatic rings. The Hall–Kier alpha value is -1.50. The molecule has 0 fully saturated rings. The lowest BCUT2D eigenvalue weighted by Crippen LogP contribution is -2.10. The van der Waals surface area contributed by atoms with Crippen molar-refractivity contribution in [3.05, 3.63) is 27.7 Å². The number of benzene rings is 1. The van der Waals surface area contributed by atoms with E-state index in [-0.39, 0.29) is 28.0 Å². The number of ether oxygens (including phenoxy) is 2. The fourth-order valence-electron chi connectivity index (χ4n) is 1.24. The highest BCUT2D eigenvalue weighted by molar-refractivity contribution is 9.10. The number of alkyl halides is 2. The summed E-state index contributed by atoms with van der Waals surface area (Å²) in [7, 11) is 0. The molecule has 0 aromatic heterocycles. The van der Waals surface area contributed by atoms with E-state index in [9.17, 15) is 18.4 Å². The molecular formula is C11H9BrF2O4. The van der Waals surface area contributed by atoms with E-state index in [0.29, 0.717) is 6.29 Å². The van der Waals surface area contributed by atoms with Gasteiger partial charge >= 0.3 is 12.6 Å². The van der Waals surface area contributed by atoms with Crippen molar-refractivity contribution in [1.82, 2.24) is 0 Å². The highest BCUT2D eigenvalue weighted by Gasteiger charge is 2.17. The summed E-state index contributed by atoms with van der Waals surface area (Å²) in [6.07, 6.45) is 0.372. The van der Waals surface area contributed by atoms with Crippen LogP contribution in [-0.4, -0.2) is 25.5 Å². The molecule has 4 nitrogen and oxygen atoms in total. The molecule has 0 atom stereocenters. The van der Waals surface area contributed by atoms with Crippen LogP contribution in [0.15, 0.2) is 16.6 Å². The molecule has 0 aliphatic carbocycles. The van der Waals surface area contributed by atoms with E-state index in [2.05, 4.69) is 20.7 Å². The van der Waals surface area contributed by atoms with Crippen LogP contribution in [0.1, 0.15) is 27.6 Å². The Labute approximate surface area is 110 Å². The molecule has 0 radical (unpaired) electrons. The van der Waals surface area contributed by atoms with Gasteiger partial charge in [-0.05, 0) is 35.0 Å². The normalized spacial score (nSPS) is 10.3. The van der Waals surface area contributed by atoms with Gasteiger partial charge in [0.25, 0.3) is 0 Å². The minimum absolute atomic E-state index is 0.0136. The SMILES string of the molecule is CCOC(=O)c1cc(Br)c(OC(F)F)cc1C=O. The first-order valence-corrected chi connectivity index (χ1v) is 5.69. The van der Waals surface area contributed by atoms with Gasteiger partial charge < -0.3 is 9.47 Å². The molecule has 7 heteroatoms. The molecule has 0 unspecified atom stereocenters. The molecule has 0 saturated carbocycles. The zero-order valence-electron chi connectivity index (χ0n) is 9.28. The van der Waals surface area contributed by atoms with Gasteiger partial charge in [-0.2, -0.15) is 8.78 Å². The third-order valence-corrected chi connectivity index (χ3v) is 2.56. The van der Waals surface area contributed by atoms with Gasteiger partial charge in [0.15, 0.2) is 6.29 Å². The smallest absolute Gasteiger partial charge is 0.387 e. The van der Waals surface area contributed by atoms with Crippen LogP contribution in [0.3, 0.4) is 0 Å². The predicted octanol–water partition coefficient (Wildman–Crippen LogP) is 3.04. The minimum atomic E-state index is -3.02. The van der Waals surface area contributed by atoms with Crippen molar-refractivity contribution in [2.75, 3.05) is 6.61 Å². The van der Waals surface area contributed by atoms with Gasteiger partial charge in [0.05, 0.1) is 16.6 Å². The molecule has 0 aliphatic heterocycles. The number of hydrogen-bond acceptors (Lipinski definition) is 4. The van der Waals surface area contributed by atoms with Gasteiger partial charge in [0.2, 0.25) is 0 Å². The van der Waals surface area contributed by atoms with Gasteiger partial charge in [0.1, 0.15) is 5.75 Å². The molecule has 0 aliphatic rings. The van der Waals surface area contributed by atoms with E-state index >= 15 is 0 Å². The number of aldehydes is 1. The van der Waals surface area contributed by atoms with Crippen LogP contribution < -0.4 is 4.74 Å². The molecule has 1 aromatic carbocycles. The molecule has 0 bridgehead atoms. The van der Waals surface area contributed by atoms with E-state index in [0.717, 1.165) is 6.07 Å². The van der Waals surface area contributed by atoms with Crippen LogP contribution in [0.5, 0.6) is 5.75 Å². The molecule has 0 N–H and O–H groups in total. The van der Waals surface area contributed by atoms with Crippen molar-refractivity contribution in [3.63, 3.8) is 0 Å². The average molecular weight is 323 g/mol. The Morgan fingerprint density at radius 1 is 1.50 bits per heavy atom. The van der Waals surface area contributed by atoms with Crippen LogP contribution in [-0.2, 0) is 4.74 Å². The van der Waals surface area contributed by atoms with Gasteiger partial charge in [-0.3, -0.25) is 4.79 Å². The lowest BCUT2D eigenvalue weighted by atomic mass is 10.1. The number of carbonyl (C=O) groups is 2. The van der Waals surface area contributed by atoms with E-state index < -0.39 is 12.6 Å². The molecule has 98 valence electrons. The predicted molar refractivity (Wildman–Crippen MR) is 62.1 cm³/mol. The Morgan fingerprint density at radius 3 is 2.67 bits per heavy atom. The van der Waals surface area contributed by atoms with Gasteiger partial charge in [0, 0.05) is 5.56 Å². The number of halogens is 3. The number of rotatable bonds is 5. The highest BCUT2D eigenvalue weighted by Crippen LogP contribution is 2.30. The summed E-state index contributed by atoms with van der Waals surface area (Å²) < 4.78 is 33.3. The summed E-state index contributed by atoms with van der Waals surface area (Å²) in [6.45, 7) is -1.26. The Kier molecular flexibility index (Phi) is 5.21. The van der Waals surface area contributed by atoms with Gasteiger partial charge in [-0.25, -0.2) is 4.79 Å². The first kappa shape index (κ1) is 14.6. The zero-order valence-corrected chi connectivity index (χ0v) is 10.9. The fraction of sp³-hybridized carbons (Fsp3) is 0.273. The Bertz CT molecular complexity index is 463. The topological polar surface area (TPSA) is 52.6 Å². The Morgan fingerprint density at radius 2 is 2.17 bits per heavy atom. The van der Waals surface area contributed by atoms with E-state index in [1.54, 1.807) is 6.92 Å². The molecule has 0 heterocycles. The monoisotopic (exact) mass is 322 g/mol. The third kappa shape index (κ3) is 3.49. The maximum Gasteiger partial charge on any atom is 0.387 e. The number of esters is 1. The maximum absolute atomic E-state index is 12.1. The second kappa shape index (κ2) is 6.44. The summed E-state index contributed by atoms with van der Waals surface area (Å²) in [6, 6.07) is 2.26. The van der Waals surface area contributed by atoms with Crippen molar-refractivity contribution >= 4 is 28.2 Å². The molecular weight excluding hydrogens is 314 g/mol. The molecule has 0 saturated heterocycles. The Balaban J connectivity index is 3.18. The summed E-state index contributed by atoms with van der Waals surface area (Å²) >= 11 is 2.98. The van der Waals surface area contributed by atoms with E-state index in [1.165, 1.54) is 6.07 Å². The first-order valence-electron chi connectivity index (χ1n) is 4.90. The zero-order chi connectivity index (χ0) is 13.7. The lowest BCUT2D eigenvalue weighted by molar-refractivity contribution is -0.0503.